The number of benzene rings is 1. The summed E-state index contributed by atoms with van der Waals surface area (Å²) in [6, 6.07) is 11.2. The zero-order chi connectivity index (χ0) is 13.8. The van der Waals surface area contributed by atoms with Crippen molar-refractivity contribution in [1.29, 1.82) is 0 Å². The highest BCUT2D eigenvalue weighted by atomic mass is 15.0. The van der Waals surface area contributed by atoms with Gasteiger partial charge in [0.25, 0.3) is 0 Å². The second-order valence-electron chi connectivity index (χ2n) is 7.14. The van der Waals surface area contributed by atoms with Crippen LogP contribution >= 0.6 is 0 Å². The fourth-order valence-corrected chi connectivity index (χ4v) is 2.95. The molecule has 0 fully saturated rings. The number of nitrogens with one attached hydrogen (secondary N) is 1. The van der Waals surface area contributed by atoms with E-state index < -0.39 is 0 Å². The quantitative estimate of drug-likeness (QED) is 0.777. The molecular weight excluding hydrogens is 218 g/mol. The minimum Gasteiger partial charge on any atom is -0.305 e. The number of rotatable bonds is 5. The molecule has 1 atom stereocenters. The first-order valence-corrected chi connectivity index (χ1v) is 7.06. The zero-order valence-corrected chi connectivity index (χ0v) is 12.9. The predicted molar refractivity (Wildman–Crippen MR) is 80.8 cm³/mol. The smallest absolute Gasteiger partial charge is 0.0322 e. The molecule has 1 unspecified atom stereocenters. The predicted octanol–water partition coefficient (Wildman–Crippen LogP) is 4.94. The molecule has 0 bridgehead atoms. The van der Waals surface area contributed by atoms with Crippen LogP contribution in [-0.2, 0) is 0 Å². The maximum absolute atomic E-state index is 3.82. The lowest BCUT2D eigenvalue weighted by molar-refractivity contribution is 0.220. The van der Waals surface area contributed by atoms with Crippen LogP contribution in [0.2, 0.25) is 0 Å². The van der Waals surface area contributed by atoms with E-state index in [4.69, 9.17) is 0 Å². The fraction of sp³-hybridized carbons (Fsp3) is 0.647. The molecule has 1 N–H and O–H groups in total. The molecule has 1 rings (SSSR count). The molecule has 0 aliphatic carbocycles. The highest BCUT2D eigenvalue weighted by molar-refractivity contribution is 5.19. The van der Waals surface area contributed by atoms with E-state index in [2.05, 4.69) is 77.2 Å². The Balaban J connectivity index is 2.74. The Labute approximate surface area is 113 Å². The summed E-state index contributed by atoms with van der Waals surface area (Å²) in [5.74, 6) is 0. The van der Waals surface area contributed by atoms with E-state index in [-0.39, 0.29) is 5.54 Å². The van der Waals surface area contributed by atoms with Crippen molar-refractivity contribution in [2.45, 2.75) is 66.0 Å². The number of hydrogen-bond donors (Lipinski definition) is 1. The monoisotopic (exact) mass is 247 g/mol. The maximum atomic E-state index is 3.82. The molecule has 1 aromatic rings. The summed E-state index contributed by atoms with van der Waals surface area (Å²) in [6.07, 6.45) is 2.29. The van der Waals surface area contributed by atoms with Crippen molar-refractivity contribution in [3.63, 3.8) is 0 Å². The van der Waals surface area contributed by atoms with Crippen LogP contribution in [0.3, 0.4) is 0 Å². The standard InChI is InChI=1S/C17H29N/c1-7-15(14-11-9-8-10-12-14)18-17(5,6)13-16(2,3)4/h8-12,15,18H,7,13H2,1-6H3. The Hall–Kier alpha value is -0.820. The summed E-state index contributed by atoms with van der Waals surface area (Å²) in [5, 5.41) is 3.82. The molecule has 102 valence electrons. The summed E-state index contributed by atoms with van der Waals surface area (Å²) in [4.78, 5) is 0. The largest absolute Gasteiger partial charge is 0.305 e. The lowest BCUT2D eigenvalue weighted by atomic mass is 9.81. The van der Waals surface area contributed by atoms with Gasteiger partial charge in [0.15, 0.2) is 0 Å². The molecule has 0 heterocycles. The maximum Gasteiger partial charge on any atom is 0.0322 e. The van der Waals surface area contributed by atoms with Gasteiger partial charge >= 0.3 is 0 Å². The fourth-order valence-electron chi connectivity index (χ4n) is 2.95. The van der Waals surface area contributed by atoms with E-state index in [1.807, 2.05) is 0 Å². The van der Waals surface area contributed by atoms with Crippen LogP contribution in [0.4, 0.5) is 0 Å². The summed E-state index contributed by atoms with van der Waals surface area (Å²) in [5.41, 5.74) is 1.90. The van der Waals surface area contributed by atoms with E-state index in [1.54, 1.807) is 0 Å². The van der Waals surface area contributed by atoms with Crippen LogP contribution in [0.5, 0.6) is 0 Å². The molecule has 0 radical (unpaired) electrons. The van der Waals surface area contributed by atoms with E-state index in [9.17, 15) is 0 Å². The molecule has 0 amide bonds. The summed E-state index contributed by atoms with van der Waals surface area (Å²) >= 11 is 0. The van der Waals surface area contributed by atoms with Crippen LogP contribution in [0.25, 0.3) is 0 Å². The molecule has 0 saturated carbocycles. The van der Waals surface area contributed by atoms with Gasteiger partial charge in [-0.05, 0) is 37.7 Å². The van der Waals surface area contributed by atoms with Gasteiger partial charge in [-0.3, -0.25) is 0 Å². The Morgan fingerprint density at radius 3 is 2.00 bits per heavy atom. The zero-order valence-electron chi connectivity index (χ0n) is 12.9. The van der Waals surface area contributed by atoms with Gasteiger partial charge in [0.1, 0.15) is 0 Å². The highest BCUT2D eigenvalue weighted by Crippen LogP contribution is 2.29. The van der Waals surface area contributed by atoms with E-state index >= 15 is 0 Å². The van der Waals surface area contributed by atoms with Gasteiger partial charge in [-0.2, -0.15) is 0 Å². The molecule has 0 saturated heterocycles. The van der Waals surface area contributed by atoms with Crippen molar-refractivity contribution in [2.24, 2.45) is 5.41 Å². The normalized spacial score (nSPS) is 14.6. The molecule has 18 heavy (non-hydrogen) atoms. The average molecular weight is 247 g/mol. The minimum atomic E-state index is 0.161. The lowest BCUT2D eigenvalue weighted by Gasteiger charge is -2.37. The molecular formula is C17H29N. The second-order valence-corrected chi connectivity index (χ2v) is 7.14. The van der Waals surface area contributed by atoms with E-state index in [0.717, 1.165) is 6.42 Å². The molecule has 0 spiro atoms. The molecule has 0 aliphatic rings. The molecule has 0 aliphatic heterocycles. The summed E-state index contributed by atoms with van der Waals surface area (Å²) in [6.45, 7) is 13.8. The molecule has 1 heteroatoms. The van der Waals surface area contributed by atoms with E-state index in [1.165, 1.54) is 12.0 Å². The van der Waals surface area contributed by atoms with Crippen LogP contribution < -0.4 is 5.32 Å². The van der Waals surface area contributed by atoms with Gasteiger partial charge < -0.3 is 5.32 Å². The topological polar surface area (TPSA) is 12.0 Å². The van der Waals surface area contributed by atoms with E-state index in [0.29, 0.717) is 11.5 Å². The Morgan fingerprint density at radius 2 is 1.56 bits per heavy atom. The van der Waals surface area contributed by atoms with Crippen molar-refractivity contribution < 1.29 is 0 Å². The molecule has 1 nitrogen and oxygen atoms in total. The first-order valence-electron chi connectivity index (χ1n) is 7.06. The third-order valence-electron chi connectivity index (χ3n) is 3.15. The van der Waals surface area contributed by atoms with Crippen molar-refractivity contribution in [3.8, 4) is 0 Å². The first-order chi connectivity index (χ1) is 8.23. The van der Waals surface area contributed by atoms with Crippen LogP contribution in [-0.4, -0.2) is 5.54 Å². The second kappa shape index (κ2) is 5.88. The Kier molecular flexibility index (Phi) is 4.98. The third-order valence-corrected chi connectivity index (χ3v) is 3.15. The summed E-state index contributed by atoms with van der Waals surface area (Å²) in [7, 11) is 0. The Bertz CT molecular complexity index is 346. The van der Waals surface area contributed by atoms with Crippen molar-refractivity contribution >= 4 is 0 Å². The average Bonchev–Trinajstić information content (AvgIpc) is 2.24. The van der Waals surface area contributed by atoms with Crippen LogP contribution in [0, 0.1) is 5.41 Å². The van der Waals surface area contributed by atoms with Gasteiger partial charge in [0, 0.05) is 11.6 Å². The van der Waals surface area contributed by atoms with Gasteiger partial charge in [-0.1, -0.05) is 58.0 Å². The first kappa shape index (κ1) is 15.2. The van der Waals surface area contributed by atoms with Gasteiger partial charge in [-0.25, -0.2) is 0 Å². The van der Waals surface area contributed by atoms with Crippen molar-refractivity contribution in [3.05, 3.63) is 35.9 Å². The molecule has 1 aromatic carbocycles. The lowest BCUT2D eigenvalue weighted by Crippen LogP contribution is -2.44. The third kappa shape index (κ3) is 5.22. The van der Waals surface area contributed by atoms with Gasteiger partial charge in [0.2, 0.25) is 0 Å². The Morgan fingerprint density at radius 1 is 1.00 bits per heavy atom. The summed E-state index contributed by atoms with van der Waals surface area (Å²) < 4.78 is 0. The number of hydrogen-bond acceptors (Lipinski definition) is 1. The van der Waals surface area contributed by atoms with Crippen LogP contribution in [0.1, 0.15) is 66.0 Å². The SMILES string of the molecule is CCC(NC(C)(C)CC(C)(C)C)c1ccccc1. The van der Waals surface area contributed by atoms with Crippen LogP contribution in [0.15, 0.2) is 30.3 Å². The van der Waals surface area contributed by atoms with Gasteiger partial charge in [0.05, 0.1) is 0 Å². The van der Waals surface area contributed by atoms with Crippen molar-refractivity contribution in [2.75, 3.05) is 0 Å². The van der Waals surface area contributed by atoms with Gasteiger partial charge in [-0.15, -0.1) is 0 Å². The highest BCUT2D eigenvalue weighted by Gasteiger charge is 2.27. The van der Waals surface area contributed by atoms with Crippen molar-refractivity contribution in [1.82, 2.24) is 5.32 Å². The molecule has 0 aromatic heterocycles. The minimum absolute atomic E-state index is 0.161.